The molecule has 0 radical (unpaired) electrons. The maximum absolute atomic E-state index is 13.8. The van der Waals surface area contributed by atoms with Crippen molar-refractivity contribution >= 4 is 11.8 Å². The molecule has 0 fully saturated rings. The summed E-state index contributed by atoms with van der Waals surface area (Å²) in [6, 6.07) is 22.1. The van der Waals surface area contributed by atoms with Gasteiger partial charge in [-0.25, -0.2) is 4.39 Å². The quantitative estimate of drug-likeness (QED) is 0.433. The zero-order valence-corrected chi connectivity index (χ0v) is 16.1. The molecule has 7 heteroatoms. The van der Waals surface area contributed by atoms with E-state index in [2.05, 4.69) is 10.2 Å². The number of nitrogens with zero attached hydrogens (tertiary/aromatic N) is 3. The Kier molecular flexibility index (Phi) is 4.65. The highest BCUT2D eigenvalue weighted by Gasteiger charge is 2.18. The molecule has 0 spiro atoms. The molecule has 1 aliphatic rings. The van der Waals surface area contributed by atoms with Crippen LogP contribution >= 0.6 is 11.8 Å². The van der Waals surface area contributed by atoms with Crippen LogP contribution in [0.25, 0.3) is 17.1 Å². The standard InChI is InChI=1S/C22H16FN3O2S/c23-17-6-4-5-16(12-17)21-24-25-22(26(21)18-7-2-1-3-8-18)29-13-15-9-10-19-20(11-15)28-14-27-19/h1-12H,13-14H2. The fourth-order valence-electron chi connectivity index (χ4n) is 3.17. The second-order valence-corrected chi connectivity index (χ2v) is 7.41. The van der Waals surface area contributed by atoms with Gasteiger partial charge in [-0.15, -0.1) is 10.2 Å². The van der Waals surface area contributed by atoms with Gasteiger partial charge in [-0.1, -0.05) is 48.2 Å². The van der Waals surface area contributed by atoms with E-state index in [1.807, 2.05) is 59.2 Å². The van der Waals surface area contributed by atoms with Crippen LogP contribution < -0.4 is 9.47 Å². The largest absolute Gasteiger partial charge is 0.454 e. The third-order valence-corrected chi connectivity index (χ3v) is 5.54. The lowest BCUT2D eigenvalue weighted by molar-refractivity contribution is 0.174. The minimum atomic E-state index is -0.306. The van der Waals surface area contributed by atoms with Crippen molar-refractivity contribution in [1.82, 2.24) is 14.8 Å². The summed E-state index contributed by atoms with van der Waals surface area (Å²) in [5.74, 6) is 2.50. The van der Waals surface area contributed by atoms with E-state index in [-0.39, 0.29) is 12.6 Å². The minimum Gasteiger partial charge on any atom is -0.454 e. The van der Waals surface area contributed by atoms with E-state index >= 15 is 0 Å². The molecule has 0 bridgehead atoms. The molecule has 5 nitrogen and oxygen atoms in total. The van der Waals surface area contributed by atoms with Crippen molar-refractivity contribution in [3.63, 3.8) is 0 Å². The van der Waals surface area contributed by atoms with Crippen LogP contribution in [0.1, 0.15) is 5.56 Å². The van der Waals surface area contributed by atoms with Crippen LogP contribution in [0.4, 0.5) is 4.39 Å². The Morgan fingerprint density at radius 3 is 2.62 bits per heavy atom. The van der Waals surface area contributed by atoms with E-state index in [1.54, 1.807) is 17.8 Å². The van der Waals surface area contributed by atoms with Crippen molar-refractivity contribution < 1.29 is 13.9 Å². The normalized spacial score (nSPS) is 12.3. The summed E-state index contributed by atoms with van der Waals surface area (Å²) in [5, 5.41) is 9.47. The number of hydrogen-bond acceptors (Lipinski definition) is 5. The van der Waals surface area contributed by atoms with Gasteiger partial charge in [0, 0.05) is 17.0 Å². The van der Waals surface area contributed by atoms with Gasteiger partial charge in [0.1, 0.15) is 5.82 Å². The average molecular weight is 405 g/mol. The number of fused-ring (bicyclic) bond motifs is 1. The highest BCUT2D eigenvalue weighted by molar-refractivity contribution is 7.98. The number of thioether (sulfide) groups is 1. The van der Waals surface area contributed by atoms with Crippen LogP contribution in [-0.2, 0) is 5.75 Å². The van der Waals surface area contributed by atoms with Gasteiger partial charge < -0.3 is 9.47 Å². The smallest absolute Gasteiger partial charge is 0.231 e. The van der Waals surface area contributed by atoms with Gasteiger partial charge in [-0.3, -0.25) is 4.57 Å². The first kappa shape index (κ1) is 17.8. The molecule has 5 rings (SSSR count). The summed E-state index contributed by atoms with van der Waals surface area (Å²) < 4.78 is 26.6. The van der Waals surface area contributed by atoms with Gasteiger partial charge in [0.15, 0.2) is 22.5 Å². The monoisotopic (exact) mass is 405 g/mol. The lowest BCUT2D eigenvalue weighted by Crippen LogP contribution is -1.99. The maximum atomic E-state index is 13.8. The summed E-state index contributed by atoms with van der Waals surface area (Å²) in [4.78, 5) is 0. The van der Waals surface area contributed by atoms with Crippen molar-refractivity contribution in [2.75, 3.05) is 6.79 Å². The first-order chi connectivity index (χ1) is 14.3. The molecule has 0 saturated heterocycles. The Morgan fingerprint density at radius 2 is 1.76 bits per heavy atom. The van der Waals surface area contributed by atoms with Gasteiger partial charge >= 0.3 is 0 Å². The summed E-state index contributed by atoms with van der Waals surface area (Å²) in [6.07, 6.45) is 0. The Bertz CT molecular complexity index is 1160. The van der Waals surface area contributed by atoms with E-state index in [0.29, 0.717) is 17.1 Å². The lowest BCUT2D eigenvalue weighted by atomic mass is 10.2. The van der Waals surface area contributed by atoms with Crippen molar-refractivity contribution in [2.24, 2.45) is 0 Å². The molecular formula is C22H16FN3O2S. The molecule has 0 amide bonds. The highest BCUT2D eigenvalue weighted by atomic mass is 32.2. The molecule has 4 aromatic rings. The Balaban J connectivity index is 1.49. The first-order valence-corrected chi connectivity index (χ1v) is 10.0. The van der Waals surface area contributed by atoms with E-state index in [4.69, 9.17) is 9.47 Å². The van der Waals surface area contributed by atoms with Gasteiger partial charge in [0.05, 0.1) is 0 Å². The molecular weight excluding hydrogens is 389 g/mol. The summed E-state index contributed by atoms with van der Waals surface area (Å²) in [5.41, 5.74) is 2.69. The minimum absolute atomic E-state index is 0.255. The number of ether oxygens (including phenoxy) is 2. The van der Waals surface area contributed by atoms with Crippen molar-refractivity contribution in [2.45, 2.75) is 10.9 Å². The average Bonchev–Trinajstić information content (AvgIpc) is 3.39. The topological polar surface area (TPSA) is 49.2 Å². The van der Waals surface area contributed by atoms with Crippen molar-refractivity contribution in [1.29, 1.82) is 0 Å². The molecule has 0 saturated carbocycles. The van der Waals surface area contributed by atoms with Crippen LogP contribution in [0.5, 0.6) is 11.5 Å². The van der Waals surface area contributed by atoms with Gasteiger partial charge in [-0.05, 0) is 42.0 Å². The van der Waals surface area contributed by atoms with E-state index < -0.39 is 0 Å². The summed E-state index contributed by atoms with van der Waals surface area (Å²) >= 11 is 1.56. The van der Waals surface area contributed by atoms with Gasteiger partial charge in [0.2, 0.25) is 6.79 Å². The fraction of sp³-hybridized carbons (Fsp3) is 0.0909. The van der Waals surface area contributed by atoms with E-state index in [1.165, 1.54) is 12.1 Å². The molecule has 1 aromatic heterocycles. The highest BCUT2D eigenvalue weighted by Crippen LogP contribution is 2.35. The molecule has 144 valence electrons. The fourth-order valence-corrected chi connectivity index (χ4v) is 4.06. The lowest BCUT2D eigenvalue weighted by Gasteiger charge is -2.10. The zero-order chi connectivity index (χ0) is 19.6. The number of para-hydroxylation sites is 1. The third kappa shape index (κ3) is 3.56. The van der Waals surface area contributed by atoms with Crippen LogP contribution in [-0.4, -0.2) is 21.6 Å². The van der Waals surface area contributed by atoms with Crippen LogP contribution in [0.2, 0.25) is 0 Å². The molecule has 3 aromatic carbocycles. The molecule has 0 atom stereocenters. The first-order valence-electron chi connectivity index (χ1n) is 9.06. The van der Waals surface area contributed by atoms with Crippen LogP contribution in [0.3, 0.4) is 0 Å². The molecule has 1 aliphatic heterocycles. The Morgan fingerprint density at radius 1 is 0.897 bits per heavy atom. The van der Waals surface area contributed by atoms with Crippen molar-refractivity contribution in [3.05, 3.63) is 84.2 Å². The van der Waals surface area contributed by atoms with E-state index in [0.717, 1.165) is 27.9 Å². The summed E-state index contributed by atoms with van der Waals surface area (Å²) in [7, 11) is 0. The second-order valence-electron chi connectivity index (χ2n) is 6.46. The van der Waals surface area contributed by atoms with Crippen LogP contribution in [0.15, 0.2) is 78.0 Å². The molecule has 0 unspecified atom stereocenters. The number of aromatic nitrogens is 3. The van der Waals surface area contributed by atoms with Gasteiger partial charge in [-0.2, -0.15) is 0 Å². The SMILES string of the molecule is Fc1cccc(-c2nnc(SCc3ccc4c(c3)OCO4)n2-c2ccccc2)c1. The Labute approximate surface area is 171 Å². The third-order valence-electron chi connectivity index (χ3n) is 4.54. The number of halogens is 1. The predicted molar refractivity (Wildman–Crippen MR) is 109 cm³/mol. The zero-order valence-electron chi connectivity index (χ0n) is 15.3. The van der Waals surface area contributed by atoms with E-state index in [9.17, 15) is 4.39 Å². The second kappa shape index (κ2) is 7.60. The van der Waals surface area contributed by atoms with Crippen LogP contribution in [0, 0.1) is 5.82 Å². The maximum Gasteiger partial charge on any atom is 0.231 e. The summed E-state index contributed by atoms with van der Waals surface area (Å²) in [6.45, 7) is 0.255. The molecule has 0 aliphatic carbocycles. The predicted octanol–water partition coefficient (Wildman–Crippen LogP) is 5.09. The number of hydrogen-bond donors (Lipinski definition) is 0. The number of benzene rings is 3. The Hall–Kier alpha value is -3.32. The van der Waals surface area contributed by atoms with Crippen molar-refractivity contribution in [3.8, 4) is 28.6 Å². The number of rotatable bonds is 5. The molecule has 2 heterocycles. The molecule has 29 heavy (non-hydrogen) atoms. The van der Waals surface area contributed by atoms with Gasteiger partial charge in [0.25, 0.3) is 0 Å². The molecule has 0 N–H and O–H groups in total.